The van der Waals surface area contributed by atoms with Crippen LogP contribution in [0.2, 0.25) is 0 Å². The first kappa shape index (κ1) is 20.0. The highest BCUT2D eigenvalue weighted by Gasteiger charge is 2.34. The lowest BCUT2D eigenvalue weighted by Gasteiger charge is -2.16. The molecule has 0 aromatic heterocycles. The number of carbonyl (C=O) groups is 1. The van der Waals surface area contributed by atoms with Gasteiger partial charge in [-0.1, -0.05) is 54.6 Å². The number of nitro benzene ring substituents is 1. The number of methoxy groups -OCH3 is 1. The summed E-state index contributed by atoms with van der Waals surface area (Å²) in [6.07, 6.45) is 10.9. The zero-order chi connectivity index (χ0) is 21.1. The SMILES string of the molecule is COCOc1c(/C=C/C2CC3C=CC2C3)ccc([N+](=O)[O-])c1C(=O)c1ccccc1. The van der Waals surface area contributed by atoms with Crippen molar-refractivity contribution in [3.05, 3.63) is 87.5 Å². The Bertz CT molecular complexity index is 1010. The Morgan fingerprint density at radius 1 is 1.17 bits per heavy atom. The summed E-state index contributed by atoms with van der Waals surface area (Å²) in [7, 11) is 1.47. The van der Waals surface area contributed by atoms with E-state index in [-0.39, 0.29) is 23.8 Å². The molecule has 6 nitrogen and oxygen atoms in total. The fourth-order valence-electron chi connectivity index (χ4n) is 4.37. The number of hydrogen-bond acceptors (Lipinski definition) is 5. The minimum atomic E-state index is -0.552. The van der Waals surface area contributed by atoms with Crippen LogP contribution in [-0.4, -0.2) is 24.6 Å². The Kier molecular flexibility index (Phi) is 5.77. The molecule has 3 atom stereocenters. The average Bonchev–Trinajstić information content (AvgIpc) is 3.39. The van der Waals surface area contributed by atoms with Crippen LogP contribution in [0.3, 0.4) is 0 Å². The highest BCUT2D eigenvalue weighted by Crippen LogP contribution is 2.44. The van der Waals surface area contributed by atoms with E-state index in [1.807, 2.05) is 6.08 Å². The highest BCUT2D eigenvalue weighted by atomic mass is 16.7. The van der Waals surface area contributed by atoms with Gasteiger partial charge in [0.25, 0.3) is 5.69 Å². The first-order valence-corrected chi connectivity index (χ1v) is 9.98. The van der Waals surface area contributed by atoms with Crippen molar-refractivity contribution in [1.29, 1.82) is 0 Å². The normalized spacial score (nSPS) is 22.0. The molecule has 0 radical (unpaired) electrons. The van der Waals surface area contributed by atoms with E-state index in [0.29, 0.717) is 28.9 Å². The van der Waals surface area contributed by atoms with Crippen molar-refractivity contribution in [2.75, 3.05) is 13.9 Å². The van der Waals surface area contributed by atoms with Gasteiger partial charge in [0.2, 0.25) is 5.78 Å². The maximum absolute atomic E-state index is 13.2. The second kappa shape index (κ2) is 8.63. The van der Waals surface area contributed by atoms with Gasteiger partial charge in [0.05, 0.1) is 4.92 Å². The molecule has 1 saturated carbocycles. The number of nitro groups is 1. The molecule has 0 heterocycles. The van der Waals surface area contributed by atoms with E-state index >= 15 is 0 Å². The molecule has 2 aliphatic carbocycles. The predicted octanol–water partition coefficient (Wildman–Crippen LogP) is 5.03. The molecule has 4 rings (SSSR count). The Morgan fingerprint density at radius 2 is 1.97 bits per heavy atom. The third-order valence-corrected chi connectivity index (χ3v) is 5.80. The quantitative estimate of drug-likeness (QED) is 0.202. The van der Waals surface area contributed by atoms with Crippen molar-refractivity contribution >= 4 is 17.5 Å². The number of fused-ring (bicyclic) bond motifs is 2. The standard InChI is InChI=1S/C24H23NO5/c1-29-15-30-24-18(9-10-20-14-16-7-8-19(20)13-16)11-12-21(25(27)28)22(24)23(26)17-5-3-2-4-6-17/h2-12,16,19-20H,13-15H2,1H3/b10-9+. The van der Waals surface area contributed by atoms with E-state index in [2.05, 4.69) is 18.2 Å². The third kappa shape index (κ3) is 3.91. The van der Waals surface area contributed by atoms with E-state index in [9.17, 15) is 14.9 Å². The number of ketones is 1. The minimum Gasteiger partial charge on any atom is -0.466 e. The predicted molar refractivity (Wildman–Crippen MR) is 113 cm³/mol. The lowest BCUT2D eigenvalue weighted by molar-refractivity contribution is -0.385. The molecule has 1 fully saturated rings. The van der Waals surface area contributed by atoms with Crippen molar-refractivity contribution in [3.63, 3.8) is 0 Å². The summed E-state index contributed by atoms with van der Waals surface area (Å²) in [6, 6.07) is 11.5. The molecule has 2 bridgehead atoms. The fourth-order valence-corrected chi connectivity index (χ4v) is 4.37. The summed E-state index contributed by atoms with van der Waals surface area (Å²) in [6.45, 7) is -0.117. The summed E-state index contributed by atoms with van der Waals surface area (Å²) in [5.41, 5.74) is 0.652. The third-order valence-electron chi connectivity index (χ3n) is 5.80. The Morgan fingerprint density at radius 3 is 2.60 bits per heavy atom. The van der Waals surface area contributed by atoms with Crippen LogP contribution in [0.25, 0.3) is 6.08 Å². The number of nitrogens with zero attached hydrogens (tertiary/aromatic N) is 1. The van der Waals surface area contributed by atoms with Gasteiger partial charge in [0, 0.05) is 24.3 Å². The molecule has 0 spiro atoms. The van der Waals surface area contributed by atoms with Crippen molar-refractivity contribution in [3.8, 4) is 5.75 Å². The molecule has 30 heavy (non-hydrogen) atoms. The van der Waals surface area contributed by atoms with E-state index in [1.54, 1.807) is 36.4 Å². The summed E-state index contributed by atoms with van der Waals surface area (Å²) < 4.78 is 10.7. The molecular formula is C24H23NO5. The van der Waals surface area contributed by atoms with Gasteiger partial charge in [0.15, 0.2) is 6.79 Å². The molecule has 0 saturated heterocycles. The zero-order valence-corrected chi connectivity index (χ0v) is 16.7. The lowest BCUT2D eigenvalue weighted by atomic mass is 9.92. The van der Waals surface area contributed by atoms with Gasteiger partial charge in [0.1, 0.15) is 11.3 Å². The van der Waals surface area contributed by atoms with E-state index in [0.717, 1.165) is 6.42 Å². The average molecular weight is 405 g/mol. The molecule has 2 aliphatic rings. The van der Waals surface area contributed by atoms with Gasteiger partial charge >= 0.3 is 0 Å². The summed E-state index contributed by atoms with van der Waals surface area (Å²) >= 11 is 0. The Balaban J connectivity index is 1.77. The van der Waals surface area contributed by atoms with Crippen LogP contribution in [0.15, 0.2) is 60.7 Å². The van der Waals surface area contributed by atoms with Crippen molar-refractivity contribution in [2.45, 2.75) is 12.8 Å². The van der Waals surface area contributed by atoms with Gasteiger partial charge in [-0.2, -0.15) is 0 Å². The number of rotatable bonds is 8. The molecule has 0 aliphatic heterocycles. The van der Waals surface area contributed by atoms with Crippen LogP contribution in [0.4, 0.5) is 5.69 Å². The van der Waals surface area contributed by atoms with Gasteiger partial charge < -0.3 is 9.47 Å². The number of hydrogen-bond donors (Lipinski definition) is 0. The minimum absolute atomic E-state index is 0.0572. The number of benzene rings is 2. The smallest absolute Gasteiger partial charge is 0.284 e. The largest absolute Gasteiger partial charge is 0.466 e. The molecule has 3 unspecified atom stereocenters. The van der Waals surface area contributed by atoms with Gasteiger partial charge in [-0.15, -0.1) is 0 Å². The van der Waals surface area contributed by atoms with Crippen LogP contribution < -0.4 is 4.74 Å². The number of carbonyl (C=O) groups excluding carboxylic acids is 1. The van der Waals surface area contributed by atoms with Crippen LogP contribution in [0.1, 0.15) is 34.3 Å². The second-order valence-electron chi connectivity index (χ2n) is 7.68. The number of allylic oxidation sites excluding steroid dienone is 3. The van der Waals surface area contributed by atoms with Crippen LogP contribution >= 0.6 is 0 Å². The van der Waals surface area contributed by atoms with Gasteiger partial charge in [-0.25, -0.2) is 0 Å². The zero-order valence-electron chi connectivity index (χ0n) is 16.7. The monoisotopic (exact) mass is 405 g/mol. The molecule has 2 aromatic rings. The maximum Gasteiger partial charge on any atom is 0.284 e. The molecule has 0 amide bonds. The topological polar surface area (TPSA) is 78.7 Å². The van der Waals surface area contributed by atoms with E-state index in [4.69, 9.17) is 9.47 Å². The Labute approximate surface area is 175 Å². The lowest BCUT2D eigenvalue weighted by Crippen LogP contribution is -2.11. The summed E-state index contributed by atoms with van der Waals surface area (Å²) in [4.78, 5) is 24.4. The maximum atomic E-state index is 13.2. The number of ether oxygens (including phenoxy) is 2. The molecule has 2 aromatic carbocycles. The molecule has 154 valence electrons. The fraction of sp³-hybridized carbons (Fsp3) is 0.292. The Hall–Kier alpha value is -3.25. The van der Waals surface area contributed by atoms with E-state index < -0.39 is 10.7 Å². The first-order valence-electron chi connectivity index (χ1n) is 9.98. The summed E-state index contributed by atoms with van der Waals surface area (Å²) in [5.74, 6) is 1.33. The van der Waals surface area contributed by atoms with Crippen LogP contribution in [0.5, 0.6) is 5.75 Å². The molecule has 0 N–H and O–H groups in total. The first-order chi connectivity index (χ1) is 14.6. The van der Waals surface area contributed by atoms with Gasteiger partial charge in [-0.3, -0.25) is 14.9 Å². The van der Waals surface area contributed by atoms with Crippen molar-refractivity contribution in [1.82, 2.24) is 0 Å². The summed E-state index contributed by atoms with van der Waals surface area (Å²) in [5, 5.41) is 11.7. The highest BCUT2D eigenvalue weighted by molar-refractivity contribution is 6.13. The molecular weight excluding hydrogens is 382 g/mol. The van der Waals surface area contributed by atoms with Crippen LogP contribution in [0, 0.1) is 27.9 Å². The van der Waals surface area contributed by atoms with E-state index in [1.165, 1.54) is 19.6 Å². The van der Waals surface area contributed by atoms with Crippen molar-refractivity contribution in [2.24, 2.45) is 17.8 Å². The van der Waals surface area contributed by atoms with Gasteiger partial charge in [-0.05, 0) is 36.7 Å². The second-order valence-corrected chi connectivity index (χ2v) is 7.68. The van der Waals surface area contributed by atoms with Crippen LogP contribution in [-0.2, 0) is 4.74 Å². The molecule has 6 heteroatoms. The van der Waals surface area contributed by atoms with Crippen molar-refractivity contribution < 1.29 is 19.2 Å².